The van der Waals surface area contributed by atoms with E-state index in [1.165, 1.54) is 0 Å². The van der Waals surface area contributed by atoms with Crippen molar-refractivity contribution in [2.75, 3.05) is 36.6 Å². The van der Waals surface area contributed by atoms with E-state index in [-0.39, 0.29) is 5.91 Å². The second-order valence-electron chi connectivity index (χ2n) is 8.18. The van der Waals surface area contributed by atoms with E-state index in [0.717, 1.165) is 38.7 Å². The third-order valence-electron chi connectivity index (χ3n) is 5.38. The molecule has 5 N–H and O–H groups in total. The van der Waals surface area contributed by atoms with Crippen LogP contribution in [0, 0.1) is 0 Å². The summed E-state index contributed by atoms with van der Waals surface area (Å²) in [5.41, 5.74) is 10.4. The van der Waals surface area contributed by atoms with E-state index in [1.807, 2.05) is 112 Å². The predicted octanol–water partition coefficient (Wildman–Crippen LogP) is 6.78. The zero-order valence-corrected chi connectivity index (χ0v) is 24.6. The SMILES string of the molecule is C/C=C/Nc1ccccc1.CC.CS/C(=C\NC=NCCN)c1ccc2c(c1)/C(=C\C1=CC=CCO1)CC(=O)N2. The molecule has 0 bridgehead atoms. The lowest BCUT2D eigenvalue weighted by Gasteiger charge is -2.22. The van der Waals surface area contributed by atoms with Gasteiger partial charge in [-0.15, -0.1) is 11.8 Å². The number of allylic oxidation sites excluding steroid dienone is 4. The molecular formula is C32H41N5O2S. The van der Waals surface area contributed by atoms with Crippen LogP contribution in [0.15, 0.2) is 102 Å². The molecular weight excluding hydrogens is 518 g/mol. The fraction of sp³-hybridized carbons (Fsp3) is 0.250. The molecule has 2 aliphatic rings. The van der Waals surface area contributed by atoms with Crippen molar-refractivity contribution in [3.63, 3.8) is 0 Å². The van der Waals surface area contributed by atoms with Crippen LogP contribution in [-0.4, -0.2) is 38.2 Å². The highest BCUT2D eigenvalue weighted by Crippen LogP contribution is 2.36. The van der Waals surface area contributed by atoms with Crippen molar-refractivity contribution in [1.82, 2.24) is 5.32 Å². The van der Waals surface area contributed by atoms with Crippen molar-refractivity contribution >= 4 is 45.9 Å². The van der Waals surface area contributed by atoms with Gasteiger partial charge in [-0.3, -0.25) is 9.79 Å². The van der Waals surface area contributed by atoms with Gasteiger partial charge >= 0.3 is 0 Å². The minimum atomic E-state index is -0.0168. The highest BCUT2D eigenvalue weighted by Gasteiger charge is 2.21. The molecule has 0 unspecified atom stereocenters. The van der Waals surface area contributed by atoms with Gasteiger partial charge in [0, 0.05) is 34.6 Å². The van der Waals surface area contributed by atoms with Crippen LogP contribution in [0.2, 0.25) is 0 Å². The Bertz CT molecular complexity index is 1250. The van der Waals surface area contributed by atoms with Crippen LogP contribution in [0.1, 0.15) is 38.3 Å². The maximum absolute atomic E-state index is 12.1. The third-order valence-corrected chi connectivity index (χ3v) is 6.18. The Hall–Kier alpha value is -4.01. The molecule has 2 aromatic carbocycles. The number of thioether (sulfide) groups is 1. The summed E-state index contributed by atoms with van der Waals surface area (Å²) in [6.07, 6.45) is 17.5. The molecule has 0 saturated carbocycles. The average molecular weight is 560 g/mol. The van der Waals surface area contributed by atoms with Crippen LogP contribution in [-0.2, 0) is 9.53 Å². The number of anilines is 2. The number of benzene rings is 2. The minimum Gasteiger partial charge on any atom is -0.490 e. The molecule has 0 spiro atoms. The number of nitrogens with zero attached hydrogens (tertiary/aromatic N) is 1. The molecule has 4 rings (SSSR count). The van der Waals surface area contributed by atoms with E-state index in [1.54, 1.807) is 18.1 Å². The van der Waals surface area contributed by atoms with Crippen LogP contribution in [0.25, 0.3) is 10.5 Å². The number of hydrogen-bond donors (Lipinski definition) is 4. The topological polar surface area (TPSA) is 101 Å². The number of rotatable bonds is 9. The van der Waals surface area contributed by atoms with Gasteiger partial charge < -0.3 is 26.4 Å². The number of nitrogens with one attached hydrogen (secondary N) is 3. The molecule has 2 aliphatic heterocycles. The van der Waals surface area contributed by atoms with Gasteiger partial charge in [0.1, 0.15) is 12.4 Å². The maximum atomic E-state index is 12.1. The smallest absolute Gasteiger partial charge is 0.228 e. The largest absolute Gasteiger partial charge is 0.490 e. The van der Waals surface area contributed by atoms with Crippen molar-refractivity contribution in [2.45, 2.75) is 27.2 Å². The monoisotopic (exact) mass is 559 g/mol. The van der Waals surface area contributed by atoms with Crippen molar-refractivity contribution in [3.8, 4) is 0 Å². The van der Waals surface area contributed by atoms with Gasteiger partial charge in [-0.1, -0.05) is 50.3 Å². The molecule has 7 nitrogen and oxygen atoms in total. The Balaban J connectivity index is 0.000000391. The summed E-state index contributed by atoms with van der Waals surface area (Å²) >= 11 is 1.64. The van der Waals surface area contributed by atoms with Crippen LogP contribution in [0.4, 0.5) is 11.4 Å². The zero-order chi connectivity index (χ0) is 29.0. The Morgan fingerprint density at radius 3 is 2.67 bits per heavy atom. The normalized spacial score (nSPS) is 15.2. The number of ether oxygens (including phenoxy) is 1. The van der Waals surface area contributed by atoms with Gasteiger partial charge in [0.2, 0.25) is 5.91 Å². The molecule has 0 aliphatic carbocycles. The Kier molecular flexibility index (Phi) is 15.4. The number of amides is 1. The Morgan fingerprint density at radius 2 is 2.00 bits per heavy atom. The van der Waals surface area contributed by atoms with Crippen LogP contribution < -0.4 is 21.7 Å². The fourth-order valence-electron chi connectivity index (χ4n) is 3.61. The quantitative estimate of drug-likeness (QED) is 0.200. The van der Waals surface area contributed by atoms with E-state index in [9.17, 15) is 4.79 Å². The second kappa shape index (κ2) is 19.1. The van der Waals surface area contributed by atoms with Crippen molar-refractivity contribution in [2.24, 2.45) is 10.7 Å². The molecule has 0 fully saturated rings. The van der Waals surface area contributed by atoms with Gasteiger partial charge in [0.15, 0.2) is 0 Å². The van der Waals surface area contributed by atoms with Crippen LogP contribution in [0.3, 0.4) is 0 Å². The van der Waals surface area contributed by atoms with Gasteiger partial charge in [-0.05, 0) is 73.0 Å². The number of nitrogens with two attached hydrogens (primary N) is 1. The molecule has 2 aromatic rings. The van der Waals surface area contributed by atoms with E-state index >= 15 is 0 Å². The number of para-hydroxylation sites is 1. The third kappa shape index (κ3) is 11.0. The Labute approximate surface area is 243 Å². The lowest BCUT2D eigenvalue weighted by molar-refractivity contribution is -0.115. The summed E-state index contributed by atoms with van der Waals surface area (Å²) in [7, 11) is 0. The molecule has 0 saturated heterocycles. The summed E-state index contributed by atoms with van der Waals surface area (Å²) in [5, 5.41) is 9.14. The van der Waals surface area contributed by atoms with E-state index in [2.05, 4.69) is 27.0 Å². The van der Waals surface area contributed by atoms with E-state index < -0.39 is 0 Å². The number of hydrogen-bond acceptors (Lipinski definition) is 6. The highest BCUT2D eigenvalue weighted by molar-refractivity contribution is 8.07. The van der Waals surface area contributed by atoms with Gasteiger partial charge in [0.25, 0.3) is 0 Å². The van der Waals surface area contributed by atoms with Gasteiger partial charge in [0.05, 0.1) is 19.3 Å². The summed E-state index contributed by atoms with van der Waals surface area (Å²) in [6.45, 7) is 7.65. The molecule has 212 valence electrons. The molecule has 40 heavy (non-hydrogen) atoms. The Morgan fingerprint density at radius 1 is 1.20 bits per heavy atom. The predicted molar refractivity (Wildman–Crippen MR) is 174 cm³/mol. The molecule has 0 atom stereocenters. The molecule has 0 aromatic heterocycles. The second-order valence-corrected chi connectivity index (χ2v) is 9.02. The van der Waals surface area contributed by atoms with Crippen LogP contribution in [0.5, 0.6) is 0 Å². The highest BCUT2D eigenvalue weighted by atomic mass is 32.2. The number of carbonyl (C=O) groups is 1. The number of aliphatic imine (C=N–C) groups is 1. The molecule has 2 heterocycles. The lowest BCUT2D eigenvalue weighted by Crippen LogP contribution is -2.18. The van der Waals surface area contributed by atoms with E-state index in [0.29, 0.717) is 26.1 Å². The molecule has 8 heteroatoms. The van der Waals surface area contributed by atoms with Crippen molar-refractivity contribution in [3.05, 3.63) is 108 Å². The first-order valence-corrected chi connectivity index (χ1v) is 14.6. The number of carbonyl (C=O) groups excluding carboxylic acids is 1. The maximum Gasteiger partial charge on any atom is 0.228 e. The van der Waals surface area contributed by atoms with Crippen LogP contribution >= 0.6 is 11.8 Å². The van der Waals surface area contributed by atoms with Gasteiger partial charge in [-0.2, -0.15) is 0 Å². The van der Waals surface area contributed by atoms with Crippen molar-refractivity contribution < 1.29 is 9.53 Å². The zero-order valence-electron chi connectivity index (χ0n) is 23.8. The molecule has 0 radical (unpaired) electrons. The molecule has 1 amide bonds. The summed E-state index contributed by atoms with van der Waals surface area (Å²) in [6, 6.07) is 16.1. The van der Waals surface area contributed by atoms with Crippen molar-refractivity contribution in [1.29, 1.82) is 0 Å². The fourth-order valence-corrected chi connectivity index (χ4v) is 4.16. The summed E-state index contributed by atoms with van der Waals surface area (Å²) < 4.78 is 5.63. The first-order valence-electron chi connectivity index (χ1n) is 13.4. The minimum absolute atomic E-state index is 0.0168. The summed E-state index contributed by atoms with van der Waals surface area (Å²) in [5.74, 6) is 0.749. The first-order chi connectivity index (χ1) is 19.6. The standard InChI is InChI=1S/C21H24N4O2S.C9H11N.C2H6/c1-28-20(13-24-14-23-8-7-22)15-5-6-19-18(11-15)16(12-21(26)25-19)10-17-4-2-3-9-27-17;1-2-8-10-9-6-4-3-5-7-9;1-2/h2-6,10-11,13-14H,7-9,12,22H2,1H3,(H,23,24)(H,25,26);2-8,10H,1H3;1-2H3/b16-10-,20-13-;8-2+;. The van der Waals surface area contributed by atoms with E-state index in [4.69, 9.17) is 10.5 Å². The summed E-state index contributed by atoms with van der Waals surface area (Å²) in [4.78, 5) is 17.3. The number of fused-ring (bicyclic) bond motifs is 1. The van der Waals surface area contributed by atoms with Gasteiger partial charge in [-0.25, -0.2) is 0 Å². The first kappa shape index (κ1) is 32.2. The average Bonchev–Trinajstić information content (AvgIpc) is 3.00. The lowest BCUT2D eigenvalue weighted by atomic mass is 9.94.